The number of nitrogens with zero attached hydrogens (tertiary/aromatic N) is 1. The summed E-state index contributed by atoms with van der Waals surface area (Å²) in [7, 11) is 0. The highest BCUT2D eigenvalue weighted by molar-refractivity contribution is 5.60. The maximum atomic E-state index is 10.3. The van der Waals surface area contributed by atoms with E-state index in [9.17, 15) is 4.79 Å². The number of benzene rings is 1. The van der Waals surface area contributed by atoms with Gasteiger partial charge in [-0.15, -0.1) is 0 Å². The second-order valence-electron chi connectivity index (χ2n) is 3.88. The van der Waals surface area contributed by atoms with Crippen LogP contribution in [-0.4, -0.2) is 6.08 Å². The van der Waals surface area contributed by atoms with Crippen LogP contribution in [0.25, 0.3) is 0 Å². The van der Waals surface area contributed by atoms with Crippen LogP contribution in [0.1, 0.15) is 36.5 Å². The van der Waals surface area contributed by atoms with Crippen molar-refractivity contribution in [2.45, 2.75) is 33.6 Å². The maximum absolute atomic E-state index is 10.3. The van der Waals surface area contributed by atoms with Crippen molar-refractivity contribution in [3.05, 3.63) is 28.8 Å². The molecule has 14 heavy (non-hydrogen) atoms. The van der Waals surface area contributed by atoms with Crippen LogP contribution in [0.5, 0.6) is 0 Å². The van der Waals surface area contributed by atoms with Crippen LogP contribution in [0.2, 0.25) is 0 Å². The van der Waals surface area contributed by atoms with E-state index in [2.05, 4.69) is 24.9 Å². The molecule has 0 saturated carbocycles. The number of hydrogen-bond donors (Lipinski definition) is 0. The lowest BCUT2D eigenvalue weighted by Gasteiger charge is -2.11. The molecular formula is C12H15NO. The van der Waals surface area contributed by atoms with Gasteiger partial charge in [0.25, 0.3) is 0 Å². The Balaban J connectivity index is 3.43. The van der Waals surface area contributed by atoms with Crippen LogP contribution in [0.3, 0.4) is 0 Å². The average molecular weight is 189 g/mol. The molecule has 0 aliphatic heterocycles. The van der Waals surface area contributed by atoms with Crippen LogP contribution in [-0.2, 0) is 4.79 Å². The molecule has 0 atom stereocenters. The van der Waals surface area contributed by atoms with Gasteiger partial charge >= 0.3 is 0 Å². The molecule has 0 bridgehead atoms. The van der Waals surface area contributed by atoms with Gasteiger partial charge < -0.3 is 0 Å². The molecule has 0 radical (unpaired) electrons. The van der Waals surface area contributed by atoms with Crippen molar-refractivity contribution in [2.75, 3.05) is 0 Å². The summed E-state index contributed by atoms with van der Waals surface area (Å²) in [6.07, 6.45) is 1.61. The van der Waals surface area contributed by atoms with Crippen molar-refractivity contribution < 1.29 is 4.79 Å². The van der Waals surface area contributed by atoms with Gasteiger partial charge in [-0.25, -0.2) is 4.79 Å². The monoisotopic (exact) mass is 189 g/mol. The number of hydrogen-bond acceptors (Lipinski definition) is 2. The van der Waals surface area contributed by atoms with Crippen LogP contribution in [0, 0.1) is 13.8 Å². The standard InChI is InChI=1S/C12H15NO/c1-8(2)11-6-9(3)5-10(4)12(11)13-7-14/h5-6,8H,1-4H3. The maximum Gasteiger partial charge on any atom is 0.240 e. The lowest BCUT2D eigenvalue weighted by Crippen LogP contribution is -1.92. The quantitative estimate of drug-likeness (QED) is 0.518. The van der Waals surface area contributed by atoms with E-state index in [0.29, 0.717) is 5.92 Å². The molecular weight excluding hydrogens is 174 g/mol. The first kappa shape index (κ1) is 10.7. The third-order valence-corrected chi connectivity index (χ3v) is 2.25. The number of aryl methyl sites for hydroxylation is 2. The third kappa shape index (κ3) is 2.09. The van der Waals surface area contributed by atoms with Gasteiger partial charge in [0.05, 0.1) is 5.69 Å². The van der Waals surface area contributed by atoms with Crippen molar-refractivity contribution >= 4 is 11.8 Å². The van der Waals surface area contributed by atoms with Crippen molar-refractivity contribution in [3.63, 3.8) is 0 Å². The topological polar surface area (TPSA) is 29.4 Å². The fourth-order valence-corrected chi connectivity index (χ4v) is 1.63. The molecule has 2 nitrogen and oxygen atoms in total. The fraction of sp³-hybridized carbons (Fsp3) is 0.417. The van der Waals surface area contributed by atoms with Gasteiger partial charge in [-0.1, -0.05) is 31.5 Å². The highest BCUT2D eigenvalue weighted by Gasteiger charge is 2.09. The molecule has 0 N–H and O–H groups in total. The Hall–Kier alpha value is -1.40. The lowest BCUT2D eigenvalue weighted by atomic mass is 9.96. The summed E-state index contributed by atoms with van der Waals surface area (Å²) >= 11 is 0. The Morgan fingerprint density at radius 3 is 2.43 bits per heavy atom. The smallest absolute Gasteiger partial charge is 0.211 e. The summed E-state index contributed by atoms with van der Waals surface area (Å²) in [5.41, 5.74) is 4.14. The molecule has 0 aliphatic rings. The zero-order chi connectivity index (χ0) is 10.7. The van der Waals surface area contributed by atoms with Gasteiger partial charge in [-0.2, -0.15) is 4.99 Å². The van der Waals surface area contributed by atoms with Gasteiger partial charge in [0.2, 0.25) is 6.08 Å². The predicted molar refractivity (Wildman–Crippen MR) is 57.8 cm³/mol. The van der Waals surface area contributed by atoms with Crippen molar-refractivity contribution in [1.29, 1.82) is 0 Å². The van der Waals surface area contributed by atoms with Gasteiger partial charge in [0, 0.05) is 0 Å². The summed E-state index contributed by atoms with van der Waals surface area (Å²) < 4.78 is 0. The van der Waals surface area contributed by atoms with Gasteiger partial charge in [0.1, 0.15) is 0 Å². The van der Waals surface area contributed by atoms with E-state index in [0.717, 1.165) is 16.8 Å². The zero-order valence-corrected chi connectivity index (χ0v) is 9.09. The van der Waals surface area contributed by atoms with Gasteiger partial charge in [0.15, 0.2) is 0 Å². The summed E-state index contributed by atoms with van der Waals surface area (Å²) in [6, 6.07) is 4.11. The van der Waals surface area contributed by atoms with Crippen molar-refractivity contribution in [2.24, 2.45) is 4.99 Å². The summed E-state index contributed by atoms with van der Waals surface area (Å²) in [4.78, 5) is 14.1. The van der Waals surface area contributed by atoms with E-state index in [4.69, 9.17) is 0 Å². The van der Waals surface area contributed by atoms with E-state index >= 15 is 0 Å². The number of carbonyl (C=O) groups excluding carboxylic acids is 1. The largest absolute Gasteiger partial charge is 0.240 e. The van der Waals surface area contributed by atoms with Crippen LogP contribution >= 0.6 is 0 Å². The molecule has 0 fully saturated rings. The van der Waals surface area contributed by atoms with Crippen LogP contribution in [0.4, 0.5) is 5.69 Å². The lowest BCUT2D eigenvalue weighted by molar-refractivity contribution is 0.565. The van der Waals surface area contributed by atoms with Crippen molar-refractivity contribution in [3.8, 4) is 0 Å². The van der Waals surface area contributed by atoms with Crippen LogP contribution in [0.15, 0.2) is 17.1 Å². The van der Waals surface area contributed by atoms with Gasteiger partial charge in [-0.05, 0) is 30.9 Å². The molecule has 0 spiro atoms. The van der Waals surface area contributed by atoms with E-state index in [1.54, 1.807) is 6.08 Å². The van der Waals surface area contributed by atoms with E-state index in [1.807, 2.05) is 19.9 Å². The zero-order valence-electron chi connectivity index (χ0n) is 9.09. The first-order valence-corrected chi connectivity index (χ1v) is 4.75. The van der Waals surface area contributed by atoms with Gasteiger partial charge in [-0.3, -0.25) is 0 Å². The molecule has 0 saturated heterocycles. The summed E-state index contributed by atoms with van der Waals surface area (Å²) in [5, 5.41) is 0. The molecule has 1 aromatic carbocycles. The molecule has 0 aliphatic carbocycles. The Labute approximate surface area is 84.7 Å². The number of aliphatic imine (C=N–C) groups is 1. The first-order valence-electron chi connectivity index (χ1n) is 4.75. The molecule has 1 rings (SSSR count). The highest BCUT2D eigenvalue weighted by Crippen LogP contribution is 2.30. The second-order valence-corrected chi connectivity index (χ2v) is 3.88. The minimum absolute atomic E-state index is 0.376. The molecule has 0 amide bonds. The Morgan fingerprint density at radius 2 is 1.93 bits per heavy atom. The molecule has 74 valence electrons. The van der Waals surface area contributed by atoms with Crippen LogP contribution < -0.4 is 0 Å². The average Bonchev–Trinajstić information content (AvgIpc) is 2.09. The van der Waals surface area contributed by atoms with E-state index in [1.165, 1.54) is 5.56 Å². The summed E-state index contributed by atoms with van der Waals surface area (Å²) in [6.45, 7) is 8.21. The fourth-order valence-electron chi connectivity index (χ4n) is 1.63. The first-order chi connectivity index (χ1) is 6.56. The Bertz CT molecular complexity index is 388. The minimum atomic E-state index is 0.376. The molecule has 0 aromatic heterocycles. The highest BCUT2D eigenvalue weighted by atomic mass is 16.1. The predicted octanol–water partition coefficient (Wildman–Crippen LogP) is 3.39. The van der Waals surface area contributed by atoms with Crippen molar-refractivity contribution in [1.82, 2.24) is 0 Å². The third-order valence-electron chi connectivity index (χ3n) is 2.25. The normalized spacial score (nSPS) is 10.1. The summed E-state index contributed by atoms with van der Waals surface area (Å²) in [5.74, 6) is 0.376. The molecule has 0 unspecified atom stereocenters. The molecule has 1 aromatic rings. The molecule has 0 heterocycles. The minimum Gasteiger partial charge on any atom is -0.211 e. The number of isocyanates is 1. The van der Waals surface area contributed by atoms with E-state index in [-0.39, 0.29) is 0 Å². The SMILES string of the molecule is Cc1cc(C)c(N=C=O)c(C(C)C)c1. The number of rotatable bonds is 2. The molecule has 2 heteroatoms. The Kier molecular flexibility index (Phi) is 3.21. The Morgan fingerprint density at radius 1 is 1.29 bits per heavy atom. The second kappa shape index (κ2) is 4.21. The van der Waals surface area contributed by atoms with E-state index < -0.39 is 0 Å².